The summed E-state index contributed by atoms with van der Waals surface area (Å²) in [5.41, 5.74) is 0.808. The summed E-state index contributed by atoms with van der Waals surface area (Å²) in [6, 6.07) is 5.50. The van der Waals surface area contributed by atoms with Gasteiger partial charge in [-0.2, -0.15) is 4.37 Å². The number of aryl methyl sites for hydroxylation is 1. The lowest BCUT2D eigenvalue weighted by Gasteiger charge is -2.02. The van der Waals surface area contributed by atoms with E-state index in [-0.39, 0.29) is 6.61 Å². The maximum atomic E-state index is 8.96. The van der Waals surface area contributed by atoms with E-state index in [0.29, 0.717) is 5.02 Å². The highest BCUT2D eigenvalue weighted by Gasteiger charge is 2.07. The zero-order valence-corrected chi connectivity index (χ0v) is 10.9. The minimum atomic E-state index is 0.00256. The van der Waals surface area contributed by atoms with E-state index in [1.54, 1.807) is 6.07 Å². The molecular weight excluding hydrogens is 264 g/mol. The van der Waals surface area contributed by atoms with Gasteiger partial charge in [-0.15, -0.1) is 0 Å². The van der Waals surface area contributed by atoms with E-state index in [0.717, 1.165) is 20.6 Å². The monoisotopic (exact) mass is 272 g/mol. The number of hydrogen-bond acceptors (Lipinski definition) is 5. The van der Waals surface area contributed by atoms with Crippen LogP contribution in [0.4, 0.5) is 0 Å². The molecule has 0 spiro atoms. The standard InChI is InChI=1S/C10H9ClN2OS2/c1-6-12-10(16-13-6)15-9-3-2-7(5-14)4-8(9)11/h2-4,14H,5H2,1H3. The van der Waals surface area contributed by atoms with Crippen LogP contribution in [-0.4, -0.2) is 14.5 Å². The molecule has 3 nitrogen and oxygen atoms in total. The number of aliphatic hydroxyl groups is 1. The van der Waals surface area contributed by atoms with Gasteiger partial charge in [0.05, 0.1) is 11.6 Å². The zero-order valence-electron chi connectivity index (χ0n) is 8.48. The Hall–Kier alpha value is -0.620. The molecule has 0 aliphatic carbocycles. The van der Waals surface area contributed by atoms with Gasteiger partial charge in [-0.3, -0.25) is 0 Å². The molecule has 16 heavy (non-hydrogen) atoms. The van der Waals surface area contributed by atoms with Crippen molar-refractivity contribution in [3.8, 4) is 0 Å². The van der Waals surface area contributed by atoms with Gasteiger partial charge in [0.25, 0.3) is 0 Å². The Bertz CT molecular complexity index is 501. The van der Waals surface area contributed by atoms with E-state index in [2.05, 4.69) is 9.36 Å². The highest BCUT2D eigenvalue weighted by molar-refractivity contribution is 8.01. The molecule has 1 heterocycles. The van der Waals surface area contributed by atoms with Crippen LogP contribution in [0.1, 0.15) is 11.4 Å². The lowest BCUT2D eigenvalue weighted by atomic mass is 10.2. The zero-order chi connectivity index (χ0) is 11.5. The van der Waals surface area contributed by atoms with Gasteiger partial charge in [0, 0.05) is 4.90 Å². The third-order valence-corrected chi connectivity index (χ3v) is 4.23. The molecule has 0 amide bonds. The van der Waals surface area contributed by atoms with Gasteiger partial charge < -0.3 is 5.11 Å². The van der Waals surface area contributed by atoms with Crippen molar-refractivity contribution in [2.24, 2.45) is 0 Å². The first-order chi connectivity index (χ1) is 7.69. The second-order valence-corrected chi connectivity index (χ2v) is 5.58. The van der Waals surface area contributed by atoms with E-state index in [9.17, 15) is 0 Å². The van der Waals surface area contributed by atoms with Crippen LogP contribution < -0.4 is 0 Å². The Morgan fingerprint density at radius 2 is 2.31 bits per heavy atom. The van der Waals surface area contributed by atoms with Crippen molar-refractivity contribution in [2.75, 3.05) is 0 Å². The van der Waals surface area contributed by atoms with Gasteiger partial charge in [-0.25, -0.2) is 4.98 Å². The normalized spacial score (nSPS) is 10.7. The molecule has 0 saturated heterocycles. The van der Waals surface area contributed by atoms with Crippen LogP contribution in [0.15, 0.2) is 27.4 Å². The largest absolute Gasteiger partial charge is 0.392 e. The maximum absolute atomic E-state index is 8.96. The lowest BCUT2D eigenvalue weighted by Crippen LogP contribution is -1.83. The number of nitrogens with zero attached hydrogens (tertiary/aromatic N) is 2. The summed E-state index contributed by atoms with van der Waals surface area (Å²) >= 11 is 8.93. The average molecular weight is 273 g/mol. The average Bonchev–Trinajstić information content (AvgIpc) is 2.67. The molecule has 0 fully saturated rings. The number of rotatable bonds is 3. The van der Waals surface area contributed by atoms with Crippen molar-refractivity contribution in [2.45, 2.75) is 22.8 Å². The van der Waals surface area contributed by atoms with Gasteiger partial charge in [-0.05, 0) is 36.2 Å². The Morgan fingerprint density at radius 1 is 1.50 bits per heavy atom. The molecule has 0 atom stereocenters. The number of hydrogen-bond donors (Lipinski definition) is 1. The van der Waals surface area contributed by atoms with Gasteiger partial charge in [0.1, 0.15) is 5.82 Å². The fourth-order valence-electron chi connectivity index (χ4n) is 1.14. The van der Waals surface area contributed by atoms with E-state index in [1.807, 2.05) is 19.1 Å². The van der Waals surface area contributed by atoms with Crippen LogP contribution in [0.2, 0.25) is 5.02 Å². The Balaban J connectivity index is 2.21. The second kappa shape index (κ2) is 5.14. The minimum Gasteiger partial charge on any atom is -0.392 e. The molecule has 0 aliphatic heterocycles. The van der Waals surface area contributed by atoms with Crippen molar-refractivity contribution in [3.63, 3.8) is 0 Å². The fourth-order valence-corrected chi connectivity index (χ4v) is 3.07. The van der Waals surface area contributed by atoms with Crippen molar-refractivity contribution < 1.29 is 5.11 Å². The quantitative estimate of drug-likeness (QED) is 0.932. The smallest absolute Gasteiger partial charge is 0.174 e. The third kappa shape index (κ3) is 2.74. The summed E-state index contributed by atoms with van der Waals surface area (Å²) in [6.07, 6.45) is 0. The summed E-state index contributed by atoms with van der Waals surface area (Å²) in [5, 5.41) is 9.59. The topological polar surface area (TPSA) is 46.0 Å². The van der Waals surface area contributed by atoms with Crippen molar-refractivity contribution in [1.82, 2.24) is 9.36 Å². The van der Waals surface area contributed by atoms with E-state index >= 15 is 0 Å². The molecule has 0 aliphatic rings. The summed E-state index contributed by atoms with van der Waals surface area (Å²) in [4.78, 5) is 5.18. The van der Waals surface area contributed by atoms with Crippen molar-refractivity contribution in [3.05, 3.63) is 34.6 Å². The summed E-state index contributed by atoms with van der Waals surface area (Å²) in [6.45, 7) is 1.86. The number of aromatic nitrogens is 2. The highest BCUT2D eigenvalue weighted by Crippen LogP contribution is 2.34. The predicted octanol–water partition coefficient (Wildman–Crippen LogP) is 3.14. The first-order valence-corrected chi connectivity index (χ1v) is 6.53. The summed E-state index contributed by atoms with van der Waals surface area (Å²) < 4.78 is 4.97. The summed E-state index contributed by atoms with van der Waals surface area (Å²) in [7, 11) is 0. The minimum absolute atomic E-state index is 0.00256. The Morgan fingerprint density at radius 3 is 2.88 bits per heavy atom. The molecule has 2 aromatic rings. The van der Waals surface area contributed by atoms with E-state index in [4.69, 9.17) is 16.7 Å². The molecule has 0 radical (unpaired) electrons. The van der Waals surface area contributed by atoms with Crippen LogP contribution in [0.5, 0.6) is 0 Å². The van der Waals surface area contributed by atoms with Crippen LogP contribution in [0.3, 0.4) is 0 Å². The van der Waals surface area contributed by atoms with E-state index < -0.39 is 0 Å². The number of halogens is 1. The van der Waals surface area contributed by atoms with Crippen molar-refractivity contribution >= 4 is 34.9 Å². The number of benzene rings is 1. The van der Waals surface area contributed by atoms with Crippen LogP contribution in [-0.2, 0) is 6.61 Å². The van der Waals surface area contributed by atoms with Crippen LogP contribution >= 0.6 is 34.9 Å². The lowest BCUT2D eigenvalue weighted by molar-refractivity contribution is 0.282. The maximum Gasteiger partial charge on any atom is 0.174 e. The SMILES string of the molecule is Cc1nsc(Sc2ccc(CO)cc2Cl)n1. The third-order valence-electron chi connectivity index (χ3n) is 1.89. The van der Waals surface area contributed by atoms with Gasteiger partial charge >= 0.3 is 0 Å². The van der Waals surface area contributed by atoms with Crippen molar-refractivity contribution in [1.29, 1.82) is 0 Å². The van der Waals surface area contributed by atoms with E-state index in [1.165, 1.54) is 23.3 Å². The van der Waals surface area contributed by atoms with Crippen LogP contribution in [0, 0.1) is 6.92 Å². The molecule has 6 heteroatoms. The molecule has 2 rings (SSSR count). The molecule has 0 saturated carbocycles. The first-order valence-electron chi connectivity index (χ1n) is 4.56. The fraction of sp³-hybridized carbons (Fsp3) is 0.200. The van der Waals surface area contributed by atoms with Gasteiger partial charge in [-0.1, -0.05) is 29.4 Å². The molecular formula is C10H9ClN2OS2. The molecule has 1 aromatic carbocycles. The Kier molecular flexibility index (Phi) is 3.81. The number of aliphatic hydroxyl groups excluding tert-OH is 1. The predicted molar refractivity (Wildman–Crippen MR) is 66.1 cm³/mol. The molecule has 1 N–H and O–H groups in total. The van der Waals surface area contributed by atoms with Crippen LogP contribution in [0.25, 0.3) is 0 Å². The molecule has 1 aromatic heterocycles. The molecule has 0 unspecified atom stereocenters. The molecule has 0 bridgehead atoms. The summed E-state index contributed by atoms with van der Waals surface area (Å²) in [5.74, 6) is 0.774. The first kappa shape index (κ1) is 11.9. The Labute approximate surface area is 107 Å². The highest BCUT2D eigenvalue weighted by atomic mass is 35.5. The van der Waals surface area contributed by atoms with Gasteiger partial charge in [0.15, 0.2) is 4.34 Å². The second-order valence-electron chi connectivity index (χ2n) is 3.13. The van der Waals surface area contributed by atoms with Gasteiger partial charge in [0.2, 0.25) is 0 Å². The molecule has 84 valence electrons.